The third-order valence-electron chi connectivity index (χ3n) is 3.05. The lowest BCUT2D eigenvalue weighted by Crippen LogP contribution is -2.05. The van der Waals surface area contributed by atoms with E-state index < -0.39 is 5.97 Å². The number of nitrogens with two attached hydrogens (primary N) is 1. The van der Waals surface area contributed by atoms with Crippen LogP contribution in [0.1, 0.15) is 29.1 Å². The van der Waals surface area contributed by atoms with Crippen molar-refractivity contribution >= 4 is 46.2 Å². The van der Waals surface area contributed by atoms with E-state index in [9.17, 15) is 4.79 Å². The SMILES string of the molecule is CCOC(=O)c1sc(-c2c(Cl)cccc2Cl)c(CC)c1N. The zero-order chi connectivity index (χ0) is 15.6. The summed E-state index contributed by atoms with van der Waals surface area (Å²) in [5.74, 6) is -0.413. The number of anilines is 1. The molecule has 2 N–H and O–H groups in total. The molecule has 112 valence electrons. The minimum absolute atomic E-state index is 0.305. The summed E-state index contributed by atoms with van der Waals surface area (Å²) in [5, 5.41) is 1.07. The Bertz CT molecular complexity index is 662. The number of carbonyl (C=O) groups is 1. The first kappa shape index (κ1) is 16.1. The average molecular weight is 344 g/mol. The van der Waals surface area contributed by atoms with Crippen molar-refractivity contribution in [2.75, 3.05) is 12.3 Å². The van der Waals surface area contributed by atoms with Crippen molar-refractivity contribution < 1.29 is 9.53 Å². The minimum atomic E-state index is -0.413. The maximum Gasteiger partial charge on any atom is 0.350 e. The zero-order valence-corrected chi connectivity index (χ0v) is 14.0. The summed E-state index contributed by atoms with van der Waals surface area (Å²) in [6.07, 6.45) is 0.679. The van der Waals surface area contributed by atoms with Gasteiger partial charge in [-0.2, -0.15) is 0 Å². The Hall–Kier alpha value is -1.23. The zero-order valence-electron chi connectivity index (χ0n) is 11.7. The fourth-order valence-electron chi connectivity index (χ4n) is 2.09. The summed E-state index contributed by atoms with van der Waals surface area (Å²) >= 11 is 13.8. The molecule has 0 aliphatic carbocycles. The van der Waals surface area contributed by atoms with E-state index in [0.29, 0.717) is 39.2 Å². The quantitative estimate of drug-likeness (QED) is 0.790. The van der Waals surface area contributed by atoms with Crippen molar-refractivity contribution in [2.45, 2.75) is 20.3 Å². The summed E-state index contributed by atoms with van der Waals surface area (Å²) in [6, 6.07) is 5.31. The van der Waals surface area contributed by atoms with Gasteiger partial charge < -0.3 is 10.5 Å². The monoisotopic (exact) mass is 343 g/mol. The molecule has 0 fully saturated rings. The van der Waals surface area contributed by atoms with E-state index in [4.69, 9.17) is 33.7 Å². The first-order valence-electron chi connectivity index (χ1n) is 6.53. The second kappa shape index (κ2) is 6.69. The summed E-state index contributed by atoms with van der Waals surface area (Å²) in [6.45, 7) is 4.04. The van der Waals surface area contributed by atoms with Crippen LogP contribution in [0.4, 0.5) is 5.69 Å². The van der Waals surface area contributed by atoms with Crippen LogP contribution in [-0.2, 0) is 11.2 Å². The molecule has 21 heavy (non-hydrogen) atoms. The predicted octanol–water partition coefficient (Wildman–Crippen LogP) is 5.04. The van der Waals surface area contributed by atoms with Crippen molar-refractivity contribution in [3.63, 3.8) is 0 Å². The molecular weight excluding hydrogens is 329 g/mol. The van der Waals surface area contributed by atoms with Crippen molar-refractivity contribution in [3.05, 3.63) is 38.7 Å². The minimum Gasteiger partial charge on any atom is -0.462 e. The van der Waals surface area contributed by atoms with Gasteiger partial charge in [0.15, 0.2) is 0 Å². The van der Waals surface area contributed by atoms with Gasteiger partial charge in [-0.3, -0.25) is 0 Å². The molecule has 1 heterocycles. The largest absolute Gasteiger partial charge is 0.462 e. The molecule has 0 bridgehead atoms. The van der Waals surface area contributed by atoms with Crippen LogP contribution in [-0.4, -0.2) is 12.6 Å². The maximum atomic E-state index is 12.0. The summed E-state index contributed by atoms with van der Waals surface area (Å²) in [5.41, 5.74) is 8.14. The van der Waals surface area contributed by atoms with Gasteiger partial charge in [0, 0.05) is 10.4 Å². The van der Waals surface area contributed by atoms with Crippen LogP contribution in [0.2, 0.25) is 10.0 Å². The van der Waals surface area contributed by atoms with Crippen molar-refractivity contribution in [1.82, 2.24) is 0 Å². The molecule has 0 aliphatic heterocycles. The predicted molar refractivity (Wildman–Crippen MR) is 89.5 cm³/mol. The van der Waals surface area contributed by atoms with Gasteiger partial charge in [0.1, 0.15) is 4.88 Å². The smallest absolute Gasteiger partial charge is 0.350 e. The average Bonchev–Trinajstić information content (AvgIpc) is 2.76. The van der Waals surface area contributed by atoms with Gasteiger partial charge in [0.25, 0.3) is 0 Å². The van der Waals surface area contributed by atoms with Gasteiger partial charge in [-0.25, -0.2) is 4.79 Å². The van der Waals surface area contributed by atoms with E-state index in [1.807, 2.05) is 6.92 Å². The number of hydrogen-bond acceptors (Lipinski definition) is 4. The van der Waals surface area contributed by atoms with Crippen molar-refractivity contribution in [2.24, 2.45) is 0 Å². The molecule has 0 unspecified atom stereocenters. The van der Waals surface area contributed by atoms with Gasteiger partial charge >= 0.3 is 5.97 Å². The van der Waals surface area contributed by atoms with Crippen LogP contribution in [0.5, 0.6) is 0 Å². The van der Waals surface area contributed by atoms with Crippen molar-refractivity contribution in [1.29, 1.82) is 0 Å². The number of esters is 1. The lowest BCUT2D eigenvalue weighted by Gasteiger charge is -2.07. The number of benzene rings is 1. The van der Waals surface area contributed by atoms with Crippen LogP contribution in [0.3, 0.4) is 0 Å². The topological polar surface area (TPSA) is 52.3 Å². The molecule has 1 aromatic carbocycles. The highest BCUT2D eigenvalue weighted by molar-refractivity contribution is 7.18. The van der Waals surface area contributed by atoms with E-state index in [-0.39, 0.29) is 0 Å². The third kappa shape index (κ3) is 3.03. The van der Waals surface area contributed by atoms with E-state index >= 15 is 0 Å². The number of rotatable bonds is 4. The van der Waals surface area contributed by atoms with Crippen LogP contribution < -0.4 is 5.73 Å². The Morgan fingerprint density at radius 1 is 1.29 bits per heavy atom. The van der Waals surface area contributed by atoms with Crippen molar-refractivity contribution in [3.8, 4) is 10.4 Å². The van der Waals surface area contributed by atoms with E-state index in [2.05, 4.69) is 0 Å². The highest BCUT2D eigenvalue weighted by atomic mass is 35.5. The summed E-state index contributed by atoms with van der Waals surface area (Å²) in [4.78, 5) is 13.2. The molecule has 0 atom stereocenters. The number of ether oxygens (including phenoxy) is 1. The fourth-order valence-corrected chi connectivity index (χ4v) is 4.07. The van der Waals surface area contributed by atoms with E-state index in [0.717, 1.165) is 10.4 Å². The Kier molecular flexibility index (Phi) is 5.14. The Balaban J connectivity index is 2.64. The molecule has 6 heteroatoms. The summed E-state index contributed by atoms with van der Waals surface area (Å²) in [7, 11) is 0. The molecule has 0 spiro atoms. The highest BCUT2D eigenvalue weighted by Crippen LogP contribution is 2.44. The fraction of sp³-hybridized carbons (Fsp3) is 0.267. The molecular formula is C15H15Cl2NO2S. The van der Waals surface area contributed by atoms with Gasteiger partial charge in [0.2, 0.25) is 0 Å². The first-order chi connectivity index (χ1) is 10.0. The van der Waals surface area contributed by atoms with Crippen LogP contribution in [0, 0.1) is 0 Å². The normalized spacial score (nSPS) is 10.7. The number of nitrogen functional groups attached to an aromatic ring is 1. The van der Waals surface area contributed by atoms with Gasteiger partial charge in [-0.05, 0) is 31.0 Å². The molecule has 0 saturated carbocycles. The number of halogens is 2. The maximum absolute atomic E-state index is 12.0. The second-order valence-electron chi connectivity index (χ2n) is 4.32. The molecule has 0 saturated heterocycles. The molecule has 0 radical (unpaired) electrons. The van der Waals surface area contributed by atoms with Gasteiger partial charge in [0.05, 0.1) is 22.3 Å². The second-order valence-corrected chi connectivity index (χ2v) is 6.16. The Labute approximate surface area is 137 Å². The number of thiophene rings is 1. The summed E-state index contributed by atoms with van der Waals surface area (Å²) < 4.78 is 5.04. The molecule has 1 aromatic heterocycles. The molecule has 3 nitrogen and oxygen atoms in total. The third-order valence-corrected chi connectivity index (χ3v) is 4.93. The number of hydrogen-bond donors (Lipinski definition) is 1. The van der Waals surface area contributed by atoms with Gasteiger partial charge in [-0.1, -0.05) is 36.2 Å². The standard InChI is InChI=1S/C15H15Cl2NO2S/c1-3-8-12(18)14(15(19)20-4-2)21-13(8)11-9(16)6-5-7-10(11)17/h5-7H,3-4,18H2,1-2H3. The molecule has 0 amide bonds. The lowest BCUT2D eigenvalue weighted by atomic mass is 10.1. The molecule has 0 aliphatic rings. The van der Waals surface area contributed by atoms with E-state index in [1.54, 1.807) is 25.1 Å². The van der Waals surface area contributed by atoms with E-state index in [1.165, 1.54) is 11.3 Å². The Morgan fingerprint density at radius 2 is 1.90 bits per heavy atom. The molecule has 2 aromatic rings. The Morgan fingerprint density at radius 3 is 2.43 bits per heavy atom. The van der Waals surface area contributed by atoms with Crippen LogP contribution in [0.25, 0.3) is 10.4 Å². The van der Waals surface area contributed by atoms with Crippen LogP contribution in [0.15, 0.2) is 18.2 Å². The molecule has 2 rings (SSSR count). The number of carbonyl (C=O) groups excluding carboxylic acids is 1. The first-order valence-corrected chi connectivity index (χ1v) is 8.11. The van der Waals surface area contributed by atoms with Crippen LogP contribution >= 0.6 is 34.5 Å². The van der Waals surface area contributed by atoms with Gasteiger partial charge in [-0.15, -0.1) is 11.3 Å². The lowest BCUT2D eigenvalue weighted by molar-refractivity contribution is 0.0533. The highest BCUT2D eigenvalue weighted by Gasteiger charge is 2.24.